The van der Waals surface area contributed by atoms with Gasteiger partial charge in [0.1, 0.15) is 12.2 Å². The molecule has 1 unspecified atom stereocenters. The number of imide groups is 1. The molecule has 3 aliphatic rings. The van der Waals surface area contributed by atoms with Crippen LogP contribution < -0.4 is 21.2 Å². The van der Waals surface area contributed by atoms with Gasteiger partial charge in [-0.05, 0) is 31.5 Å². The number of aromatic nitrogens is 2. The van der Waals surface area contributed by atoms with Crippen LogP contribution in [0, 0.1) is 0 Å². The third kappa shape index (κ3) is 3.43. The molecule has 0 aliphatic carbocycles. The van der Waals surface area contributed by atoms with Gasteiger partial charge in [0.2, 0.25) is 11.8 Å². The number of rotatable bonds is 4. The summed E-state index contributed by atoms with van der Waals surface area (Å²) in [5.41, 5.74) is 1.98. The molecule has 1 aromatic heterocycles. The lowest BCUT2D eigenvalue weighted by Crippen LogP contribution is -2.56. The number of aryl methyl sites for hydroxylation is 1. The van der Waals surface area contributed by atoms with Crippen LogP contribution in [-0.2, 0) is 21.4 Å². The second-order valence-corrected chi connectivity index (χ2v) is 8.53. The summed E-state index contributed by atoms with van der Waals surface area (Å²) >= 11 is 0. The Bertz CT molecular complexity index is 1090. The predicted octanol–water partition coefficient (Wildman–Crippen LogP) is 0.223. The minimum atomic E-state index is -0.991. The average molecular weight is 431 g/mol. The first-order valence-electron chi connectivity index (χ1n) is 10.7. The molecule has 4 heterocycles. The molecule has 0 saturated carbocycles. The van der Waals surface area contributed by atoms with Crippen LogP contribution in [0.4, 0.5) is 10.1 Å². The molecule has 3 fully saturated rings. The lowest BCUT2D eigenvalue weighted by atomic mass is 10.0. The molecule has 1 aromatic carbocycles. The first-order valence-corrected chi connectivity index (χ1v) is 10.7. The normalized spacial score (nSPS) is 27.4. The fourth-order valence-electron chi connectivity index (χ4n) is 4.82. The van der Waals surface area contributed by atoms with E-state index in [1.54, 1.807) is 11.6 Å². The van der Waals surface area contributed by atoms with Crippen LogP contribution in [0.5, 0.6) is 0 Å². The van der Waals surface area contributed by atoms with E-state index < -0.39 is 18.1 Å². The van der Waals surface area contributed by atoms with Gasteiger partial charge in [-0.25, -0.2) is 9.18 Å². The van der Waals surface area contributed by atoms with Crippen molar-refractivity contribution in [3.05, 3.63) is 28.7 Å². The quantitative estimate of drug-likeness (QED) is 0.673. The molecule has 31 heavy (non-hydrogen) atoms. The highest BCUT2D eigenvalue weighted by molar-refractivity contribution is 6.00. The maximum atomic E-state index is 14.0. The number of carbonyl (C=O) groups is 2. The molecule has 5 rings (SSSR count). The Hall–Kier alpha value is -2.72. The van der Waals surface area contributed by atoms with Crippen molar-refractivity contribution >= 4 is 28.5 Å². The van der Waals surface area contributed by atoms with E-state index in [0.717, 1.165) is 17.7 Å². The van der Waals surface area contributed by atoms with Gasteiger partial charge in [-0.2, -0.15) is 0 Å². The molecule has 3 aliphatic heterocycles. The number of amides is 2. The minimum absolute atomic E-state index is 0.0501. The SMILES string of the molecule is Cn1c(=O)n(C2CCC(=O)NC2=O)c2cccc(N3CC(O[C@@H]4CCNC[C@H]4F)C3)c21. The van der Waals surface area contributed by atoms with Crippen LogP contribution >= 0.6 is 0 Å². The lowest BCUT2D eigenvalue weighted by Gasteiger charge is -2.43. The first-order chi connectivity index (χ1) is 14.9. The highest BCUT2D eigenvalue weighted by Gasteiger charge is 2.36. The van der Waals surface area contributed by atoms with Crippen molar-refractivity contribution in [2.45, 2.75) is 43.7 Å². The van der Waals surface area contributed by atoms with E-state index in [1.807, 2.05) is 18.2 Å². The number of anilines is 1. The highest BCUT2D eigenvalue weighted by atomic mass is 19.1. The van der Waals surface area contributed by atoms with E-state index in [4.69, 9.17) is 4.74 Å². The van der Waals surface area contributed by atoms with Crippen molar-refractivity contribution in [1.82, 2.24) is 19.8 Å². The fraction of sp³-hybridized carbons (Fsp3) is 0.571. The molecule has 9 nitrogen and oxygen atoms in total. The molecule has 2 N–H and O–H groups in total. The molecule has 0 radical (unpaired) electrons. The zero-order valence-corrected chi connectivity index (χ0v) is 17.3. The van der Waals surface area contributed by atoms with Crippen molar-refractivity contribution in [3.8, 4) is 0 Å². The molecule has 166 valence electrons. The number of piperidine rings is 2. The van der Waals surface area contributed by atoms with Gasteiger partial charge in [0.25, 0.3) is 0 Å². The topological polar surface area (TPSA) is 97.6 Å². The molecule has 2 aromatic rings. The molecule has 0 bridgehead atoms. The Balaban J connectivity index is 1.39. The van der Waals surface area contributed by atoms with Gasteiger partial charge in [0.15, 0.2) is 0 Å². The number of benzene rings is 1. The predicted molar refractivity (Wildman–Crippen MR) is 112 cm³/mol. The molecule has 10 heteroatoms. The summed E-state index contributed by atoms with van der Waals surface area (Å²) in [5.74, 6) is -0.762. The van der Waals surface area contributed by atoms with E-state index in [1.165, 1.54) is 4.57 Å². The summed E-state index contributed by atoms with van der Waals surface area (Å²) in [6.45, 7) is 2.33. The zero-order chi connectivity index (χ0) is 21.7. The maximum absolute atomic E-state index is 14.0. The van der Waals surface area contributed by atoms with Gasteiger partial charge < -0.3 is 15.0 Å². The van der Waals surface area contributed by atoms with Crippen LogP contribution in [0.3, 0.4) is 0 Å². The number of fused-ring (bicyclic) bond motifs is 1. The maximum Gasteiger partial charge on any atom is 0.329 e. The van der Waals surface area contributed by atoms with E-state index >= 15 is 0 Å². The third-order valence-electron chi connectivity index (χ3n) is 6.51. The summed E-state index contributed by atoms with van der Waals surface area (Å²) in [7, 11) is 1.69. The molecule has 0 spiro atoms. The summed E-state index contributed by atoms with van der Waals surface area (Å²) in [6, 6.07) is 4.91. The van der Waals surface area contributed by atoms with E-state index in [2.05, 4.69) is 15.5 Å². The van der Waals surface area contributed by atoms with Crippen molar-refractivity contribution in [1.29, 1.82) is 0 Å². The molecule has 3 atom stereocenters. The van der Waals surface area contributed by atoms with Gasteiger partial charge in [0, 0.05) is 33.1 Å². The van der Waals surface area contributed by atoms with Crippen LogP contribution in [0.25, 0.3) is 11.0 Å². The average Bonchev–Trinajstić information content (AvgIpc) is 2.97. The third-order valence-corrected chi connectivity index (χ3v) is 6.51. The lowest BCUT2D eigenvalue weighted by molar-refractivity contribution is -0.135. The van der Waals surface area contributed by atoms with Crippen molar-refractivity contribution in [2.75, 3.05) is 31.1 Å². The largest absolute Gasteiger partial charge is 0.368 e. The molecule has 2 amide bonds. The monoisotopic (exact) mass is 431 g/mol. The van der Waals surface area contributed by atoms with Gasteiger partial charge in [-0.1, -0.05) is 6.07 Å². The minimum Gasteiger partial charge on any atom is -0.368 e. The number of hydrogen-bond donors (Lipinski definition) is 2. The van der Waals surface area contributed by atoms with Gasteiger partial charge in [-0.15, -0.1) is 0 Å². The highest BCUT2D eigenvalue weighted by Crippen LogP contribution is 2.33. The van der Waals surface area contributed by atoms with E-state index in [0.29, 0.717) is 38.0 Å². The van der Waals surface area contributed by atoms with Crippen LogP contribution in [0.15, 0.2) is 23.0 Å². The standard InChI is InChI=1S/C21H26FN5O4/c1-25-19-14(26-10-12(11-26)31-17-7-8-23-9-13(17)22)3-2-4-15(19)27(21(25)30)16-5-6-18(28)24-20(16)29/h2-4,12-13,16-17,23H,5-11H2,1H3,(H,24,28,29)/t13-,16?,17-/m1/s1. The number of hydrogen-bond acceptors (Lipinski definition) is 6. The zero-order valence-electron chi connectivity index (χ0n) is 17.3. The van der Waals surface area contributed by atoms with E-state index in [-0.39, 0.29) is 30.2 Å². The number of para-hydroxylation sites is 1. The Labute approximate surface area is 178 Å². The number of alkyl halides is 1. The Morgan fingerprint density at radius 2 is 1.97 bits per heavy atom. The Morgan fingerprint density at radius 3 is 2.71 bits per heavy atom. The first kappa shape index (κ1) is 20.2. The van der Waals surface area contributed by atoms with Crippen LogP contribution in [-0.4, -0.2) is 65.5 Å². The number of nitrogens with zero attached hydrogens (tertiary/aromatic N) is 3. The van der Waals surface area contributed by atoms with Crippen molar-refractivity contribution in [2.24, 2.45) is 7.05 Å². The summed E-state index contributed by atoms with van der Waals surface area (Å²) in [5, 5.41) is 5.36. The number of nitrogens with one attached hydrogen (secondary N) is 2. The van der Waals surface area contributed by atoms with Crippen LogP contribution in [0.1, 0.15) is 25.3 Å². The van der Waals surface area contributed by atoms with E-state index in [9.17, 15) is 18.8 Å². The number of ether oxygens (including phenoxy) is 1. The molecule has 3 saturated heterocycles. The molecular weight excluding hydrogens is 405 g/mol. The van der Waals surface area contributed by atoms with Crippen molar-refractivity contribution < 1.29 is 18.7 Å². The summed E-state index contributed by atoms with van der Waals surface area (Å²) in [4.78, 5) is 39.0. The van der Waals surface area contributed by atoms with Crippen molar-refractivity contribution in [3.63, 3.8) is 0 Å². The fourth-order valence-corrected chi connectivity index (χ4v) is 4.82. The second kappa shape index (κ2) is 7.76. The summed E-state index contributed by atoms with van der Waals surface area (Å²) in [6.07, 6.45) is -0.247. The smallest absolute Gasteiger partial charge is 0.329 e. The van der Waals surface area contributed by atoms with Gasteiger partial charge in [0.05, 0.1) is 28.9 Å². The number of halogens is 1. The Morgan fingerprint density at radius 1 is 1.16 bits per heavy atom. The van der Waals surface area contributed by atoms with Gasteiger partial charge >= 0.3 is 5.69 Å². The van der Waals surface area contributed by atoms with Gasteiger partial charge in [-0.3, -0.25) is 24.0 Å². The molecular formula is C21H26FN5O4. The number of imidazole rings is 1. The van der Waals surface area contributed by atoms with Crippen LogP contribution in [0.2, 0.25) is 0 Å². The number of carbonyl (C=O) groups excluding carboxylic acids is 2. The second-order valence-electron chi connectivity index (χ2n) is 8.53. The summed E-state index contributed by atoms with van der Waals surface area (Å²) < 4.78 is 23.0. The Kier molecular flexibility index (Phi) is 5.05.